The van der Waals surface area contributed by atoms with Crippen LogP contribution in [0.4, 0.5) is 23.4 Å². The van der Waals surface area contributed by atoms with Crippen LogP contribution in [0.25, 0.3) is 0 Å². The highest BCUT2D eigenvalue weighted by atomic mass is 19.4. The molecule has 0 spiro atoms. The normalized spacial score (nSPS) is 16.2. The number of nitrogens with one attached hydrogen (secondary N) is 1. The van der Waals surface area contributed by atoms with Crippen molar-refractivity contribution in [2.24, 2.45) is 0 Å². The van der Waals surface area contributed by atoms with Gasteiger partial charge in [-0.05, 0) is 52.3 Å². The average Bonchev–Trinajstić information content (AvgIpc) is 3.08. The van der Waals surface area contributed by atoms with E-state index in [1.54, 1.807) is 34.6 Å². The van der Waals surface area contributed by atoms with Crippen molar-refractivity contribution in [1.29, 1.82) is 0 Å². The predicted octanol–water partition coefficient (Wildman–Crippen LogP) is 4.85. The number of carbonyl (C=O) groups is 2. The smallest absolute Gasteiger partial charge is 0.419 e. The molecule has 0 saturated heterocycles. The van der Waals surface area contributed by atoms with Gasteiger partial charge in [0.2, 0.25) is 0 Å². The van der Waals surface area contributed by atoms with Gasteiger partial charge in [0.15, 0.2) is 5.69 Å². The van der Waals surface area contributed by atoms with Crippen molar-refractivity contribution in [1.82, 2.24) is 9.78 Å². The Balaban J connectivity index is 2.18. The van der Waals surface area contributed by atoms with Gasteiger partial charge in [0, 0.05) is 11.8 Å². The van der Waals surface area contributed by atoms with Crippen molar-refractivity contribution in [3.05, 3.63) is 58.2 Å². The second-order valence-corrected chi connectivity index (χ2v) is 8.39. The molecule has 1 aliphatic heterocycles. The van der Waals surface area contributed by atoms with Crippen LogP contribution in [-0.4, -0.2) is 33.9 Å². The number of anilines is 1. The largest absolute Gasteiger partial charge is 0.461 e. The minimum atomic E-state index is -4.88. The van der Waals surface area contributed by atoms with E-state index in [9.17, 15) is 27.2 Å². The number of rotatable bonds is 4. The zero-order chi connectivity index (χ0) is 24.7. The van der Waals surface area contributed by atoms with E-state index in [4.69, 9.17) is 9.47 Å². The summed E-state index contributed by atoms with van der Waals surface area (Å²) >= 11 is 0. The molecule has 1 atom stereocenters. The Hall–Kier alpha value is -3.37. The second-order valence-electron chi connectivity index (χ2n) is 8.39. The number of allylic oxidation sites excluding steroid dienone is 1. The molecular formula is C22H23F4N3O4. The molecule has 0 saturated carbocycles. The zero-order valence-corrected chi connectivity index (χ0v) is 18.6. The maximum Gasteiger partial charge on any atom is 0.419 e. The fourth-order valence-electron chi connectivity index (χ4n) is 3.41. The molecule has 0 amide bonds. The van der Waals surface area contributed by atoms with Crippen LogP contribution in [0.3, 0.4) is 0 Å². The number of hydrogen-bond donors (Lipinski definition) is 1. The van der Waals surface area contributed by atoms with Crippen LogP contribution in [0, 0.1) is 5.82 Å². The van der Waals surface area contributed by atoms with E-state index in [0.29, 0.717) is 17.8 Å². The van der Waals surface area contributed by atoms with Crippen molar-refractivity contribution in [2.45, 2.75) is 52.4 Å². The Morgan fingerprint density at radius 2 is 1.82 bits per heavy atom. The van der Waals surface area contributed by atoms with Crippen LogP contribution in [-0.2, 0) is 20.4 Å². The highest BCUT2D eigenvalue weighted by Crippen LogP contribution is 2.39. The van der Waals surface area contributed by atoms with Crippen LogP contribution in [0.1, 0.15) is 62.3 Å². The lowest BCUT2D eigenvalue weighted by atomic mass is 9.94. The van der Waals surface area contributed by atoms with Gasteiger partial charge in [0.25, 0.3) is 0 Å². The van der Waals surface area contributed by atoms with Gasteiger partial charge in [-0.25, -0.2) is 18.7 Å². The fraction of sp³-hybridized carbons (Fsp3) is 0.409. The Morgan fingerprint density at radius 3 is 2.36 bits per heavy atom. The number of esters is 2. The molecule has 1 N–H and O–H groups in total. The quantitative estimate of drug-likeness (QED) is 0.509. The van der Waals surface area contributed by atoms with Gasteiger partial charge < -0.3 is 14.8 Å². The molecule has 2 heterocycles. The van der Waals surface area contributed by atoms with E-state index in [1.165, 1.54) is 10.7 Å². The molecule has 1 aliphatic rings. The maximum atomic E-state index is 14.4. The van der Waals surface area contributed by atoms with Gasteiger partial charge in [-0.1, -0.05) is 6.07 Å². The van der Waals surface area contributed by atoms with Gasteiger partial charge in [-0.3, -0.25) is 0 Å². The van der Waals surface area contributed by atoms with Crippen molar-refractivity contribution in [3.8, 4) is 0 Å². The van der Waals surface area contributed by atoms with Gasteiger partial charge in [0.1, 0.15) is 23.3 Å². The van der Waals surface area contributed by atoms with Crippen molar-refractivity contribution in [2.75, 3.05) is 11.9 Å². The number of nitrogens with zero attached hydrogens (tertiary/aromatic N) is 2. The molecule has 7 nitrogen and oxygen atoms in total. The number of ether oxygens (including phenoxy) is 2. The summed E-state index contributed by atoms with van der Waals surface area (Å²) in [7, 11) is 0. The molecule has 0 aliphatic carbocycles. The Labute approximate surface area is 187 Å². The Kier molecular flexibility index (Phi) is 6.27. The molecule has 2 aromatic rings. The van der Waals surface area contributed by atoms with Crippen LogP contribution in [0.2, 0.25) is 0 Å². The number of alkyl halides is 3. The van der Waals surface area contributed by atoms with Crippen molar-refractivity contribution in [3.63, 3.8) is 0 Å². The molecule has 1 aromatic heterocycles. The standard InChI is InChI=1S/C22H23F4N3O4/c1-6-32-19(30)15-10-16-27-11(2)17(20(31)33-21(3,4)5)18(29(16)28-15)12-7-8-13(14(23)9-12)22(24,25)26/h7-10,18,27H,6H2,1-5H3. The lowest BCUT2D eigenvalue weighted by Crippen LogP contribution is -2.33. The third-order valence-electron chi connectivity index (χ3n) is 4.69. The molecule has 0 fully saturated rings. The minimum Gasteiger partial charge on any atom is -0.461 e. The number of aromatic nitrogens is 2. The molecule has 0 bridgehead atoms. The Bertz CT molecular complexity index is 1130. The van der Waals surface area contributed by atoms with Gasteiger partial charge in [0.05, 0.1) is 17.7 Å². The van der Waals surface area contributed by atoms with Crippen LogP contribution in [0.5, 0.6) is 0 Å². The first-order valence-corrected chi connectivity index (χ1v) is 10.1. The highest BCUT2D eigenvalue weighted by molar-refractivity contribution is 5.93. The third kappa shape index (κ3) is 5.01. The highest BCUT2D eigenvalue weighted by Gasteiger charge is 2.39. The van der Waals surface area contributed by atoms with Gasteiger partial charge in [-0.2, -0.15) is 18.3 Å². The summed E-state index contributed by atoms with van der Waals surface area (Å²) in [5.74, 6) is -2.72. The van der Waals surface area contributed by atoms with Crippen molar-refractivity contribution >= 4 is 17.8 Å². The zero-order valence-electron chi connectivity index (χ0n) is 18.6. The van der Waals surface area contributed by atoms with E-state index >= 15 is 0 Å². The summed E-state index contributed by atoms with van der Waals surface area (Å²) in [4.78, 5) is 25.2. The summed E-state index contributed by atoms with van der Waals surface area (Å²) in [5, 5.41) is 7.13. The van der Waals surface area contributed by atoms with Crippen LogP contribution in [0.15, 0.2) is 35.5 Å². The number of fused-ring (bicyclic) bond motifs is 1. The molecule has 178 valence electrons. The summed E-state index contributed by atoms with van der Waals surface area (Å²) in [5.41, 5.74) is -2.06. The molecular weight excluding hydrogens is 446 g/mol. The molecule has 33 heavy (non-hydrogen) atoms. The summed E-state index contributed by atoms with van der Waals surface area (Å²) < 4.78 is 65.3. The molecule has 11 heteroatoms. The van der Waals surface area contributed by atoms with E-state index in [1.807, 2.05) is 0 Å². The number of carbonyl (C=O) groups excluding carboxylic acids is 2. The van der Waals surface area contributed by atoms with Gasteiger partial charge in [-0.15, -0.1) is 0 Å². The lowest BCUT2D eigenvalue weighted by molar-refractivity contribution is -0.150. The summed E-state index contributed by atoms with van der Waals surface area (Å²) in [6, 6.07) is 2.59. The summed E-state index contributed by atoms with van der Waals surface area (Å²) in [6.45, 7) is 8.24. The average molecular weight is 469 g/mol. The number of hydrogen-bond acceptors (Lipinski definition) is 6. The SMILES string of the molecule is CCOC(=O)c1cc2n(n1)C(c1ccc(C(F)(F)F)c(F)c1)C(C(=O)OC(C)(C)C)=C(C)N2. The number of halogens is 4. The molecule has 1 unspecified atom stereocenters. The van der Waals surface area contributed by atoms with E-state index in [2.05, 4.69) is 10.4 Å². The van der Waals surface area contributed by atoms with Crippen LogP contribution >= 0.6 is 0 Å². The van der Waals surface area contributed by atoms with Gasteiger partial charge >= 0.3 is 18.1 Å². The molecule has 0 radical (unpaired) electrons. The summed E-state index contributed by atoms with van der Waals surface area (Å²) in [6.07, 6.45) is -4.88. The molecule has 1 aromatic carbocycles. The van der Waals surface area contributed by atoms with E-state index < -0.39 is 41.1 Å². The first kappa shape index (κ1) is 24.3. The van der Waals surface area contributed by atoms with Crippen LogP contribution < -0.4 is 5.32 Å². The first-order valence-electron chi connectivity index (χ1n) is 10.1. The second kappa shape index (κ2) is 8.53. The topological polar surface area (TPSA) is 82.5 Å². The molecule has 3 rings (SSSR count). The monoisotopic (exact) mass is 469 g/mol. The fourth-order valence-corrected chi connectivity index (χ4v) is 3.41. The maximum absolute atomic E-state index is 14.4. The lowest BCUT2D eigenvalue weighted by Gasteiger charge is -2.31. The third-order valence-corrected chi connectivity index (χ3v) is 4.69. The van der Waals surface area contributed by atoms with E-state index in [-0.39, 0.29) is 29.3 Å². The Morgan fingerprint density at radius 1 is 1.15 bits per heavy atom. The predicted molar refractivity (Wildman–Crippen MR) is 110 cm³/mol. The van der Waals surface area contributed by atoms with E-state index in [0.717, 1.165) is 6.07 Å². The minimum absolute atomic E-state index is 0.00934. The number of benzene rings is 1. The van der Waals surface area contributed by atoms with Crippen molar-refractivity contribution < 1.29 is 36.6 Å². The first-order chi connectivity index (χ1) is 15.2.